The molecule has 1 aliphatic carbocycles. The van der Waals surface area contributed by atoms with Crippen LogP contribution in [0.3, 0.4) is 0 Å². The molecule has 1 unspecified atom stereocenters. The molecule has 3 aliphatic rings. The van der Waals surface area contributed by atoms with Crippen molar-refractivity contribution in [1.82, 2.24) is 4.90 Å². The van der Waals surface area contributed by atoms with E-state index in [1.165, 1.54) is 18.4 Å². The van der Waals surface area contributed by atoms with Crippen molar-refractivity contribution in [3.63, 3.8) is 0 Å². The van der Waals surface area contributed by atoms with E-state index in [2.05, 4.69) is 45.9 Å². The fourth-order valence-electron chi connectivity index (χ4n) is 4.09. The van der Waals surface area contributed by atoms with Crippen molar-refractivity contribution >= 4 is 18.7 Å². The van der Waals surface area contributed by atoms with E-state index in [1.807, 2.05) is 20.8 Å². The second-order valence-electron chi connectivity index (χ2n) is 11.0. The zero-order chi connectivity index (χ0) is 22.6. The Morgan fingerprint density at radius 1 is 1.10 bits per heavy atom. The van der Waals surface area contributed by atoms with E-state index < -0.39 is 5.60 Å². The second kappa shape index (κ2) is 7.78. The summed E-state index contributed by atoms with van der Waals surface area (Å²) < 4.78 is 24.2. The molecule has 0 N–H and O–H groups in total. The number of carbonyl (C=O) groups excluding carboxylic acids is 1. The fourth-order valence-corrected chi connectivity index (χ4v) is 4.09. The topological polar surface area (TPSA) is 57.2 Å². The highest BCUT2D eigenvalue weighted by Crippen LogP contribution is 2.44. The monoisotopic (exact) mass is 429 g/mol. The lowest BCUT2D eigenvalue weighted by molar-refractivity contribution is -0.0435. The first-order valence-electron chi connectivity index (χ1n) is 11.5. The van der Waals surface area contributed by atoms with Crippen LogP contribution in [0.1, 0.15) is 84.5 Å². The Morgan fingerprint density at radius 2 is 1.74 bits per heavy atom. The zero-order valence-corrected chi connectivity index (χ0v) is 20.0. The van der Waals surface area contributed by atoms with Crippen LogP contribution in [-0.4, -0.2) is 54.6 Å². The van der Waals surface area contributed by atoms with Crippen molar-refractivity contribution < 1.29 is 23.6 Å². The van der Waals surface area contributed by atoms with Gasteiger partial charge in [-0.15, -0.1) is 0 Å². The average molecular weight is 429 g/mol. The maximum atomic E-state index is 12.6. The van der Waals surface area contributed by atoms with Crippen molar-refractivity contribution in [2.75, 3.05) is 19.7 Å². The summed E-state index contributed by atoms with van der Waals surface area (Å²) in [5.41, 5.74) is 2.27. The van der Waals surface area contributed by atoms with Crippen LogP contribution < -0.4 is 5.46 Å². The third-order valence-corrected chi connectivity index (χ3v) is 6.72. The van der Waals surface area contributed by atoms with Gasteiger partial charge in [-0.25, -0.2) is 4.79 Å². The maximum absolute atomic E-state index is 12.6. The molecule has 1 aromatic carbocycles. The number of carbonyl (C=O) groups is 1. The Labute approximate surface area is 186 Å². The number of hydrogen-bond acceptors (Lipinski definition) is 5. The number of morpholine rings is 1. The van der Waals surface area contributed by atoms with Crippen LogP contribution in [0.15, 0.2) is 18.2 Å². The zero-order valence-electron chi connectivity index (χ0n) is 20.0. The number of ether oxygens (including phenoxy) is 2. The molecule has 0 bridgehead atoms. The van der Waals surface area contributed by atoms with E-state index in [-0.39, 0.29) is 30.5 Å². The molecule has 2 aliphatic heterocycles. The number of amides is 1. The molecule has 4 rings (SSSR count). The second-order valence-corrected chi connectivity index (χ2v) is 11.0. The molecule has 31 heavy (non-hydrogen) atoms. The van der Waals surface area contributed by atoms with Crippen molar-refractivity contribution in [1.29, 1.82) is 0 Å². The highest BCUT2D eigenvalue weighted by atomic mass is 16.7. The van der Waals surface area contributed by atoms with Crippen LogP contribution in [0.5, 0.6) is 0 Å². The van der Waals surface area contributed by atoms with Gasteiger partial charge in [0.2, 0.25) is 0 Å². The van der Waals surface area contributed by atoms with Crippen LogP contribution in [0, 0.1) is 0 Å². The van der Waals surface area contributed by atoms with Gasteiger partial charge < -0.3 is 23.7 Å². The molecule has 3 fully saturated rings. The van der Waals surface area contributed by atoms with Gasteiger partial charge in [0.15, 0.2) is 0 Å². The summed E-state index contributed by atoms with van der Waals surface area (Å²) in [6, 6.07) is 6.45. The van der Waals surface area contributed by atoms with Gasteiger partial charge in [-0.3, -0.25) is 0 Å². The molecule has 0 spiro atoms. The Hall–Kier alpha value is -1.57. The lowest BCUT2D eigenvalue weighted by Crippen LogP contribution is -2.45. The van der Waals surface area contributed by atoms with E-state index in [0.29, 0.717) is 25.6 Å². The SMILES string of the molecule is CC(C)(C)OC(=O)N1CCOC(c2ccc(B3OC(C)(C)C(C)(C)O3)cc2C2CC2)C1. The molecule has 2 saturated heterocycles. The summed E-state index contributed by atoms with van der Waals surface area (Å²) in [5, 5.41) is 0. The van der Waals surface area contributed by atoms with Gasteiger partial charge in [-0.2, -0.15) is 0 Å². The molecule has 7 heteroatoms. The minimum Gasteiger partial charge on any atom is -0.444 e. The largest absolute Gasteiger partial charge is 0.494 e. The summed E-state index contributed by atoms with van der Waals surface area (Å²) in [5.74, 6) is 0.540. The number of rotatable bonds is 3. The van der Waals surface area contributed by atoms with Gasteiger partial charge in [0, 0.05) is 6.54 Å². The summed E-state index contributed by atoms with van der Waals surface area (Å²) >= 11 is 0. The Morgan fingerprint density at radius 3 is 2.32 bits per heavy atom. The van der Waals surface area contributed by atoms with Gasteiger partial charge in [-0.1, -0.05) is 18.2 Å². The molecule has 1 aromatic rings. The van der Waals surface area contributed by atoms with Gasteiger partial charge in [0.25, 0.3) is 0 Å². The minimum atomic E-state index is -0.505. The minimum absolute atomic E-state index is 0.149. The standard InChI is InChI=1S/C24H36BNO5/c1-22(2,3)29-21(27)26-12-13-28-20(15-26)18-11-10-17(14-19(18)16-8-9-16)25-30-23(4,5)24(6,7)31-25/h10-11,14,16,20H,8-9,12-13,15H2,1-7H3. The van der Waals surface area contributed by atoms with Crippen LogP contribution in [0.4, 0.5) is 4.79 Å². The molecule has 1 amide bonds. The fraction of sp³-hybridized carbons (Fsp3) is 0.708. The maximum Gasteiger partial charge on any atom is 0.494 e. The van der Waals surface area contributed by atoms with Crippen LogP contribution in [0.25, 0.3) is 0 Å². The van der Waals surface area contributed by atoms with Gasteiger partial charge in [-0.05, 0) is 83.8 Å². The van der Waals surface area contributed by atoms with Gasteiger partial charge in [0.1, 0.15) is 11.7 Å². The highest BCUT2D eigenvalue weighted by Gasteiger charge is 2.52. The molecule has 2 heterocycles. The van der Waals surface area contributed by atoms with Crippen molar-refractivity contribution in [2.45, 2.75) is 90.1 Å². The van der Waals surface area contributed by atoms with Crippen LogP contribution >= 0.6 is 0 Å². The summed E-state index contributed by atoms with van der Waals surface area (Å²) in [6.07, 6.45) is 1.94. The predicted octanol–water partition coefficient (Wildman–Crippen LogP) is 4.17. The lowest BCUT2D eigenvalue weighted by atomic mass is 9.76. The van der Waals surface area contributed by atoms with E-state index in [4.69, 9.17) is 18.8 Å². The Kier molecular flexibility index (Phi) is 5.68. The smallest absolute Gasteiger partial charge is 0.444 e. The summed E-state index contributed by atoms with van der Waals surface area (Å²) in [7, 11) is -0.373. The molecule has 1 saturated carbocycles. The third kappa shape index (κ3) is 4.79. The van der Waals surface area contributed by atoms with Crippen LogP contribution in [-0.2, 0) is 18.8 Å². The lowest BCUT2D eigenvalue weighted by Gasteiger charge is -2.35. The summed E-state index contributed by atoms with van der Waals surface area (Å²) in [6.45, 7) is 15.5. The third-order valence-electron chi connectivity index (χ3n) is 6.72. The van der Waals surface area contributed by atoms with Crippen LogP contribution in [0.2, 0.25) is 0 Å². The van der Waals surface area contributed by atoms with E-state index in [9.17, 15) is 4.79 Å². The first-order chi connectivity index (χ1) is 14.4. The normalized spacial score (nSPS) is 25.6. The molecular weight excluding hydrogens is 393 g/mol. The number of nitrogens with zero attached hydrogens (tertiary/aromatic N) is 1. The number of hydrogen-bond donors (Lipinski definition) is 0. The van der Waals surface area contributed by atoms with E-state index >= 15 is 0 Å². The summed E-state index contributed by atoms with van der Waals surface area (Å²) in [4.78, 5) is 14.3. The van der Waals surface area contributed by atoms with Crippen molar-refractivity contribution in [3.05, 3.63) is 29.3 Å². The van der Waals surface area contributed by atoms with E-state index in [0.717, 1.165) is 11.0 Å². The van der Waals surface area contributed by atoms with Crippen molar-refractivity contribution in [2.24, 2.45) is 0 Å². The Bertz CT molecular complexity index is 827. The quantitative estimate of drug-likeness (QED) is 0.675. The molecular formula is C24H36BNO5. The van der Waals surface area contributed by atoms with E-state index in [1.54, 1.807) is 4.90 Å². The van der Waals surface area contributed by atoms with Crippen molar-refractivity contribution in [3.8, 4) is 0 Å². The first kappa shape index (κ1) is 22.6. The molecule has 6 nitrogen and oxygen atoms in total. The molecule has 0 radical (unpaired) electrons. The highest BCUT2D eigenvalue weighted by molar-refractivity contribution is 6.62. The van der Waals surface area contributed by atoms with Gasteiger partial charge in [0.05, 0.1) is 24.4 Å². The predicted molar refractivity (Wildman–Crippen MR) is 121 cm³/mol. The average Bonchev–Trinajstić information content (AvgIpc) is 3.47. The Balaban J connectivity index is 1.55. The number of benzene rings is 1. The van der Waals surface area contributed by atoms with Gasteiger partial charge >= 0.3 is 13.2 Å². The molecule has 170 valence electrons. The first-order valence-corrected chi connectivity index (χ1v) is 11.5. The molecule has 0 aromatic heterocycles. The molecule has 1 atom stereocenters.